The van der Waals surface area contributed by atoms with Crippen LogP contribution < -0.4 is 5.73 Å². The summed E-state index contributed by atoms with van der Waals surface area (Å²) in [4.78, 5) is 21.0. The Balaban J connectivity index is 3.43. The van der Waals surface area contributed by atoms with Gasteiger partial charge in [0, 0.05) is 13.0 Å². The summed E-state index contributed by atoms with van der Waals surface area (Å²) in [5, 5.41) is 9.69. The number of esters is 1. The number of nitrogens with two attached hydrogens (primary N) is 1. The standard InChI is InChI=1S/C25H50NO7P/c1-2-3-4-5-6-7-8-9-10-11-12-13-14-15-16-17-18-19-25(28)31-22-24(27)23-33-34(29,30)32-21-20-26/h7-8,24,27H,2-6,9-23,26H2,1H3,(H,29,30)/b8-7+/t24-/m1/s1. The van der Waals surface area contributed by atoms with E-state index in [1.165, 1.54) is 77.0 Å². The molecule has 202 valence electrons. The molecule has 8 nitrogen and oxygen atoms in total. The number of ether oxygens (including phenoxy) is 1. The van der Waals surface area contributed by atoms with Crippen molar-refractivity contribution in [3.05, 3.63) is 12.2 Å². The van der Waals surface area contributed by atoms with E-state index in [2.05, 4.69) is 28.1 Å². The molecule has 0 aliphatic heterocycles. The van der Waals surface area contributed by atoms with Gasteiger partial charge in [-0.15, -0.1) is 0 Å². The van der Waals surface area contributed by atoms with Crippen molar-refractivity contribution in [3.8, 4) is 0 Å². The largest absolute Gasteiger partial charge is 0.472 e. The van der Waals surface area contributed by atoms with Gasteiger partial charge in [-0.3, -0.25) is 13.8 Å². The van der Waals surface area contributed by atoms with Gasteiger partial charge in [0.15, 0.2) is 0 Å². The Morgan fingerprint density at radius 1 is 0.853 bits per heavy atom. The van der Waals surface area contributed by atoms with Crippen LogP contribution in [0.4, 0.5) is 0 Å². The van der Waals surface area contributed by atoms with Crippen molar-refractivity contribution in [2.24, 2.45) is 5.73 Å². The van der Waals surface area contributed by atoms with Gasteiger partial charge in [0.25, 0.3) is 0 Å². The minimum atomic E-state index is -4.24. The first-order chi connectivity index (χ1) is 16.4. The summed E-state index contributed by atoms with van der Waals surface area (Å²) in [6, 6.07) is 0. The van der Waals surface area contributed by atoms with Crippen molar-refractivity contribution in [3.63, 3.8) is 0 Å². The Morgan fingerprint density at radius 3 is 1.94 bits per heavy atom. The maximum Gasteiger partial charge on any atom is 0.472 e. The first-order valence-corrected chi connectivity index (χ1v) is 14.7. The number of phosphoric ester groups is 1. The minimum absolute atomic E-state index is 0.0749. The molecule has 0 aromatic heterocycles. The normalized spacial score (nSPS) is 14.4. The van der Waals surface area contributed by atoms with E-state index in [4.69, 9.17) is 10.5 Å². The molecule has 0 aliphatic carbocycles. The van der Waals surface area contributed by atoms with E-state index in [-0.39, 0.29) is 25.7 Å². The zero-order valence-electron chi connectivity index (χ0n) is 21.3. The molecule has 1 unspecified atom stereocenters. The summed E-state index contributed by atoms with van der Waals surface area (Å²) in [6.07, 6.45) is 22.0. The van der Waals surface area contributed by atoms with Gasteiger partial charge in [-0.05, 0) is 32.1 Å². The van der Waals surface area contributed by atoms with Gasteiger partial charge in [0.05, 0.1) is 13.2 Å². The fraction of sp³-hybridized carbons (Fsp3) is 0.880. The molecule has 0 saturated carbocycles. The number of aliphatic hydroxyl groups excluding tert-OH is 1. The molecule has 0 spiro atoms. The predicted molar refractivity (Wildman–Crippen MR) is 136 cm³/mol. The van der Waals surface area contributed by atoms with Gasteiger partial charge >= 0.3 is 13.8 Å². The number of carbonyl (C=O) groups excluding carboxylic acids is 1. The summed E-state index contributed by atoms with van der Waals surface area (Å²) in [5.41, 5.74) is 5.17. The Labute approximate surface area is 207 Å². The second-order valence-corrected chi connectivity index (χ2v) is 10.2. The SMILES string of the molecule is CCCCCC/C=C/CCCCCCCCCCCC(=O)OC[C@@H](O)COP(=O)(O)OCCN. The lowest BCUT2D eigenvalue weighted by atomic mass is 10.1. The summed E-state index contributed by atoms with van der Waals surface area (Å²) >= 11 is 0. The molecule has 0 aromatic rings. The van der Waals surface area contributed by atoms with Crippen LogP contribution in [0, 0.1) is 0 Å². The number of unbranched alkanes of at least 4 members (excludes halogenated alkanes) is 13. The first kappa shape index (κ1) is 33.2. The molecule has 0 aliphatic rings. The van der Waals surface area contributed by atoms with Crippen molar-refractivity contribution in [2.75, 3.05) is 26.4 Å². The second kappa shape index (κ2) is 24.0. The third-order valence-corrected chi connectivity index (χ3v) is 6.37. The maximum absolute atomic E-state index is 11.7. The van der Waals surface area contributed by atoms with Crippen LogP contribution in [-0.2, 0) is 23.1 Å². The molecule has 4 N–H and O–H groups in total. The molecular weight excluding hydrogens is 457 g/mol. The van der Waals surface area contributed by atoms with Crippen LogP contribution in [0.25, 0.3) is 0 Å². The zero-order valence-corrected chi connectivity index (χ0v) is 22.2. The lowest BCUT2D eigenvalue weighted by Crippen LogP contribution is -2.23. The van der Waals surface area contributed by atoms with Crippen LogP contribution in [0.1, 0.15) is 110 Å². The van der Waals surface area contributed by atoms with Gasteiger partial charge in [-0.25, -0.2) is 4.57 Å². The highest BCUT2D eigenvalue weighted by atomic mass is 31.2. The topological polar surface area (TPSA) is 128 Å². The number of allylic oxidation sites excluding steroid dienone is 2. The monoisotopic (exact) mass is 507 g/mol. The minimum Gasteiger partial charge on any atom is -0.463 e. The molecule has 0 fully saturated rings. The van der Waals surface area contributed by atoms with Gasteiger partial charge in [0.1, 0.15) is 12.7 Å². The number of phosphoric acid groups is 1. The van der Waals surface area contributed by atoms with E-state index >= 15 is 0 Å². The van der Waals surface area contributed by atoms with E-state index in [1.54, 1.807) is 0 Å². The number of hydrogen-bond acceptors (Lipinski definition) is 7. The number of aliphatic hydroxyl groups is 1. The summed E-state index contributed by atoms with van der Waals surface area (Å²) in [5.74, 6) is -0.388. The predicted octanol–water partition coefficient (Wildman–Crippen LogP) is 5.80. The molecule has 9 heteroatoms. The van der Waals surface area contributed by atoms with Crippen LogP contribution in [0.2, 0.25) is 0 Å². The lowest BCUT2D eigenvalue weighted by Gasteiger charge is -2.15. The average molecular weight is 508 g/mol. The van der Waals surface area contributed by atoms with E-state index in [0.717, 1.165) is 19.3 Å². The molecule has 34 heavy (non-hydrogen) atoms. The van der Waals surface area contributed by atoms with Crippen molar-refractivity contribution in [1.29, 1.82) is 0 Å². The van der Waals surface area contributed by atoms with Crippen LogP contribution in [-0.4, -0.2) is 48.4 Å². The van der Waals surface area contributed by atoms with Gasteiger partial charge < -0.3 is 20.5 Å². The molecule has 0 bridgehead atoms. The zero-order chi connectivity index (χ0) is 25.3. The summed E-state index contributed by atoms with van der Waals surface area (Å²) < 4.78 is 25.6. The van der Waals surface area contributed by atoms with Crippen LogP contribution in [0.15, 0.2) is 12.2 Å². The summed E-state index contributed by atoms with van der Waals surface area (Å²) in [6.45, 7) is 1.43. The molecule has 0 amide bonds. The first-order valence-electron chi connectivity index (χ1n) is 13.2. The second-order valence-electron chi connectivity index (χ2n) is 8.76. The number of carbonyl (C=O) groups is 1. The van der Waals surface area contributed by atoms with E-state index in [1.807, 2.05) is 0 Å². The number of hydrogen-bond donors (Lipinski definition) is 3. The molecule has 0 saturated heterocycles. The Morgan fingerprint density at radius 2 is 1.38 bits per heavy atom. The van der Waals surface area contributed by atoms with Crippen molar-refractivity contribution < 1.29 is 33.1 Å². The van der Waals surface area contributed by atoms with Crippen LogP contribution >= 0.6 is 7.82 Å². The Kier molecular flexibility index (Phi) is 23.4. The van der Waals surface area contributed by atoms with Gasteiger partial charge in [-0.1, -0.05) is 83.3 Å². The molecule has 0 aromatic carbocycles. The summed E-state index contributed by atoms with van der Waals surface area (Å²) in [7, 11) is -4.24. The highest BCUT2D eigenvalue weighted by molar-refractivity contribution is 7.47. The van der Waals surface area contributed by atoms with Crippen molar-refractivity contribution >= 4 is 13.8 Å². The molecule has 0 heterocycles. The smallest absolute Gasteiger partial charge is 0.463 e. The third-order valence-electron chi connectivity index (χ3n) is 5.38. The molecular formula is C25H50NO7P. The van der Waals surface area contributed by atoms with E-state index in [0.29, 0.717) is 6.42 Å². The highest BCUT2D eigenvalue weighted by Gasteiger charge is 2.22. The fourth-order valence-electron chi connectivity index (χ4n) is 3.39. The quantitative estimate of drug-likeness (QED) is 0.0612. The third kappa shape index (κ3) is 24.4. The molecule has 2 atom stereocenters. The Hall–Kier alpha value is -0.760. The average Bonchev–Trinajstić information content (AvgIpc) is 2.82. The highest BCUT2D eigenvalue weighted by Crippen LogP contribution is 2.42. The molecule has 0 rings (SSSR count). The fourth-order valence-corrected chi connectivity index (χ4v) is 4.16. The van der Waals surface area contributed by atoms with Crippen LogP contribution in [0.3, 0.4) is 0 Å². The maximum atomic E-state index is 11.7. The number of rotatable bonds is 25. The molecule has 0 radical (unpaired) electrons. The van der Waals surface area contributed by atoms with Gasteiger partial charge in [-0.2, -0.15) is 0 Å². The Bertz CT molecular complexity index is 545. The van der Waals surface area contributed by atoms with Crippen molar-refractivity contribution in [2.45, 2.75) is 116 Å². The van der Waals surface area contributed by atoms with Gasteiger partial charge in [0.2, 0.25) is 0 Å². The lowest BCUT2D eigenvalue weighted by molar-refractivity contribution is -0.147. The van der Waals surface area contributed by atoms with E-state index in [9.17, 15) is 19.4 Å². The van der Waals surface area contributed by atoms with E-state index < -0.39 is 20.5 Å². The van der Waals surface area contributed by atoms with Crippen LogP contribution in [0.5, 0.6) is 0 Å². The van der Waals surface area contributed by atoms with Crippen molar-refractivity contribution in [1.82, 2.24) is 0 Å².